The van der Waals surface area contributed by atoms with Crippen LogP contribution in [0, 0.1) is 10.5 Å². The molecule has 4 aromatic rings. The molecule has 0 spiro atoms. The van der Waals surface area contributed by atoms with Crippen LogP contribution in [0.1, 0.15) is 42.7 Å². The number of ketones is 1. The van der Waals surface area contributed by atoms with Crippen LogP contribution in [0.15, 0.2) is 75.5 Å². The van der Waals surface area contributed by atoms with Crippen LogP contribution in [0.4, 0.5) is 10.5 Å². The van der Waals surface area contributed by atoms with E-state index in [2.05, 4.69) is 25.5 Å². The molecule has 2 heterocycles. The summed E-state index contributed by atoms with van der Waals surface area (Å²) in [6.07, 6.45) is -0.932. The number of amides is 2. The predicted octanol–water partition coefficient (Wildman–Crippen LogP) is 3.70. The normalized spacial score (nSPS) is 12.6. The number of oxime groups is 1. The van der Waals surface area contributed by atoms with E-state index in [0.717, 1.165) is 20.6 Å². The maximum absolute atomic E-state index is 13.6. The van der Waals surface area contributed by atoms with Crippen molar-refractivity contribution in [3.8, 4) is 0 Å². The van der Waals surface area contributed by atoms with Gasteiger partial charge in [0, 0.05) is 15.7 Å². The summed E-state index contributed by atoms with van der Waals surface area (Å²) in [6, 6.07) is 15.0. The van der Waals surface area contributed by atoms with E-state index < -0.39 is 51.6 Å². The third-order valence-corrected chi connectivity index (χ3v) is 9.58. The second-order valence-corrected chi connectivity index (χ2v) is 15.5. The molecule has 260 valence electrons. The summed E-state index contributed by atoms with van der Waals surface area (Å²) >= 11 is 3.13. The number of Topliss-reactive ketones (excluding diaryl/α,β-unsaturated/α-hetero) is 1. The predicted molar refractivity (Wildman–Crippen MR) is 193 cm³/mol. The van der Waals surface area contributed by atoms with Gasteiger partial charge in [-0.15, -0.1) is 11.3 Å². The molecule has 0 fully saturated rings. The summed E-state index contributed by atoms with van der Waals surface area (Å²) in [4.78, 5) is 61.8. The molecule has 18 heteroatoms. The Labute approximate surface area is 299 Å². The van der Waals surface area contributed by atoms with Crippen molar-refractivity contribution in [1.29, 1.82) is 0 Å². The number of sulfonamides is 1. The number of nitrogens with two attached hydrogens (primary N) is 1. The number of anilines is 1. The lowest BCUT2D eigenvalue weighted by Gasteiger charge is -2.19. The minimum Gasteiger partial charge on any atom is -0.444 e. The van der Waals surface area contributed by atoms with Gasteiger partial charge in [0.2, 0.25) is 17.6 Å². The van der Waals surface area contributed by atoms with Crippen LogP contribution < -0.4 is 26.6 Å². The first-order chi connectivity index (χ1) is 23.0. The van der Waals surface area contributed by atoms with Crippen LogP contribution in [0.2, 0.25) is 0 Å². The number of benzene rings is 2. The molecule has 0 aliphatic rings. The molecule has 0 radical (unpaired) electrons. The molecule has 5 N–H and O–H groups in total. The van der Waals surface area contributed by atoms with Crippen LogP contribution in [0.3, 0.4) is 0 Å². The van der Waals surface area contributed by atoms with Gasteiger partial charge in [-0.3, -0.25) is 24.4 Å². The summed E-state index contributed by atoms with van der Waals surface area (Å²) in [5.74, 6) is -1.61. The number of fused-ring (bicyclic) bond motifs is 1. The first kappa shape index (κ1) is 37.3. The number of rotatable bonds is 12. The number of carbonyl (C=O) groups excluding carboxylic acids is 3. The standard InChI is InChI=1S/C31H34IN7O8S2/c1-18-12-13-23(38-49(44,45)20-9-7-8-19(32)16-20)28(42)39(18)17-25(40)34-22(26(41)27-35-21-10-5-6-11-24(21)48-27)14-15-46-37-29(33)36-30(43)47-31(2,3)4/h5-13,16,22,38H,14-15,17H2,1-4H3,(H,34,40)(H3,33,36,37,43). The quantitative estimate of drug-likeness (QED) is 0.0406. The number of nitrogens with one attached hydrogen (secondary N) is 3. The molecule has 0 aliphatic carbocycles. The number of para-hydroxylation sites is 1. The Kier molecular flexibility index (Phi) is 12.0. The first-order valence-corrected chi connectivity index (χ1v) is 18.0. The van der Waals surface area contributed by atoms with E-state index in [0.29, 0.717) is 14.8 Å². The molecule has 0 bridgehead atoms. The maximum Gasteiger partial charge on any atom is 0.414 e. The number of pyridine rings is 1. The lowest BCUT2D eigenvalue weighted by atomic mass is 10.1. The lowest BCUT2D eigenvalue weighted by Crippen LogP contribution is -2.44. The van der Waals surface area contributed by atoms with Gasteiger partial charge < -0.3 is 25.2 Å². The number of ether oxygens (including phenoxy) is 1. The zero-order valence-corrected chi connectivity index (χ0v) is 30.6. The number of carbonyl (C=O) groups is 3. The lowest BCUT2D eigenvalue weighted by molar-refractivity contribution is -0.122. The molecular weight excluding hydrogens is 789 g/mol. The highest BCUT2D eigenvalue weighted by molar-refractivity contribution is 14.1. The van der Waals surface area contributed by atoms with Gasteiger partial charge in [-0.2, -0.15) is 0 Å². The Hall–Kier alpha value is -4.56. The Morgan fingerprint density at radius 2 is 1.84 bits per heavy atom. The highest BCUT2D eigenvalue weighted by atomic mass is 127. The van der Waals surface area contributed by atoms with Gasteiger partial charge in [0.25, 0.3) is 15.6 Å². The molecule has 2 aromatic carbocycles. The molecule has 4 rings (SSSR count). The molecule has 49 heavy (non-hydrogen) atoms. The fraction of sp³-hybridized carbons (Fsp3) is 0.290. The molecule has 0 saturated heterocycles. The van der Waals surface area contributed by atoms with E-state index >= 15 is 0 Å². The third-order valence-electron chi connectivity index (χ3n) is 6.49. The third kappa shape index (κ3) is 10.5. The van der Waals surface area contributed by atoms with Crippen molar-refractivity contribution in [3.05, 3.63) is 85.3 Å². The Morgan fingerprint density at radius 1 is 1.10 bits per heavy atom. The van der Waals surface area contributed by atoms with Gasteiger partial charge in [0.05, 0.1) is 21.2 Å². The zero-order valence-electron chi connectivity index (χ0n) is 26.9. The largest absolute Gasteiger partial charge is 0.444 e. The van der Waals surface area contributed by atoms with Crippen LogP contribution >= 0.6 is 33.9 Å². The molecule has 2 amide bonds. The van der Waals surface area contributed by atoms with E-state index in [4.69, 9.17) is 15.3 Å². The van der Waals surface area contributed by atoms with Gasteiger partial charge in [-0.25, -0.2) is 18.2 Å². The van der Waals surface area contributed by atoms with Crippen LogP contribution in [-0.4, -0.2) is 60.0 Å². The van der Waals surface area contributed by atoms with E-state index in [-0.39, 0.29) is 34.6 Å². The van der Waals surface area contributed by atoms with Gasteiger partial charge in [0.1, 0.15) is 24.4 Å². The zero-order chi connectivity index (χ0) is 35.9. The monoisotopic (exact) mass is 823 g/mol. The summed E-state index contributed by atoms with van der Waals surface area (Å²) < 4.78 is 35.9. The molecule has 1 unspecified atom stereocenters. The fourth-order valence-electron chi connectivity index (χ4n) is 4.28. The van der Waals surface area contributed by atoms with Crippen molar-refractivity contribution >= 4 is 83.6 Å². The fourth-order valence-corrected chi connectivity index (χ4v) is 7.10. The van der Waals surface area contributed by atoms with Gasteiger partial charge >= 0.3 is 6.09 Å². The highest BCUT2D eigenvalue weighted by Crippen LogP contribution is 2.23. The van der Waals surface area contributed by atoms with Gasteiger partial charge in [-0.1, -0.05) is 18.2 Å². The summed E-state index contributed by atoms with van der Waals surface area (Å²) in [5.41, 5.74) is 4.87. The molecule has 0 aliphatic heterocycles. The maximum atomic E-state index is 13.6. The average Bonchev–Trinajstić information content (AvgIpc) is 3.45. The van der Waals surface area contributed by atoms with Crippen molar-refractivity contribution in [3.63, 3.8) is 0 Å². The Morgan fingerprint density at radius 3 is 2.53 bits per heavy atom. The number of thiazole rings is 1. The molecular formula is C31H34IN7O8S2. The number of hydrogen-bond acceptors (Lipinski definition) is 11. The summed E-state index contributed by atoms with van der Waals surface area (Å²) in [5, 5.41) is 8.60. The topological polar surface area (TPSA) is 213 Å². The highest BCUT2D eigenvalue weighted by Gasteiger charge is 2.26. The number of aromatic nitrogens is 2. The first-order valence-electron chi connectivity index (χ1n) is 14.7. The Balaban J connectivity index is 1.50. The average molecular weight is 824 g/mol. The van der Waals surface area contributed by atoms with Gasteiger partial charge in [-0.05, 0) is 97.9 Å². The van der Waals surface area contributed by atoms with E-state index in [1.807, 2.05) is 34.7 Å². The van der Waals surface area contributed by atoms with E-state index in [9.17, 15) is 27.6 Å². The number of nitrogens with zero attached hydrogens (tertiary/aromatic N) is 3. The van der Waals surface area contributed by atoms with E-state index in [1.165, 1.54) is 24.3 Å². The summed E-state index contributed by atoms with van der Waals surface area (Å²) in [7, 11) is -4.11. The van der Waals surface area contributed by atoms with Crippen molar-refractivity contribution < 1.29 is 32.4 Å². The molecule has 2 aromatic heterocycles. The molecule has 15 nitrogen and oxygen atoms in total. The van der Waals surface area contributed by atoms with Crippen molar-refractivity contribution in [2.75, 3.05) is 11.3 Å². The number of hydrogen-bond donors (Lipinski definition) is 4. The van der Waals surface area contributed by atoms with Crippen molar-refractivity contribution in [2.45, 2.75) is 57.2 Å². The second-order valence-electron chi connectivity index (χ2n) is 11.5. The van der Waals surface area contributed by atoms with Crippen LogP contribution in [-0.2, 0) is 30.9 Å². The number of halogens is 1. The number of alkyl carbamates (subject to hydrolysis) is 1. The minimum atomic E-state index is -4.11. The van der Waals surface area contributed by atoms with Crippen LogP contribution in [0.25, 0.3) is 10.2 Å². The molecule has 1 atom stereocenters. The van der Waals surface area contributed by atoms with Crippen molar-refractivity contribution in [2.24, 2.45) is 10.9 Å². The second kappa shape index (κ2) is 15.8. The van der Waals surface area contributed by atoms with Crippen molar-refractivity contribution in [1.82, 2.24) is 20.2 Å². The SMILES string of the molecule is Cc1ccc(NS(=O)(=O)c2cccc(I)c2)c(=O)n1CC(=O)NC(CCO/N=C(\N)NC(=O)OC(C)(C)C)C(=O)c1nc2ccccc2s1. The van der Waals surface area contributed by atoms with Crippen LogP contribution in [0.5, 0.6) is 0 Å². The summed E-state index contributed by atoms with van der Waals surface area (Å²) in [6.45, 7) is 5.87. The Bertz CT molecular complexity index is 2040. The number of guanidine groups is 1. The van der Waals surface area contributed by atoms with Gasteiger partial charge in [0.15, 0.2) is 5.01 Å². The van der Waals surface area contributed by atoms with E-state index in [1.54, 1.807) is 52.0 Å². The smallest absolute Gasteiger partial charge is 0.414 e. The number of aryl methyl sites for hydroxylation is 1. The minimum absolute atomic E-state index is 0.0335. The molecule has 0 saturated carbocycles.